The molecule has 1 saturated heterocycles. The summed E-state index contributed by atoms with van der Waals surface area (Å²) in [6.45, 7) is -0.547. The summed E-state index contributed by atoms with van der Waals surface area (Å²) in [7, 11) is -3.76. The van der Waals surface area contributed by atoms with E-state index in [4.69, 9.17) is 9.84 Å². The number of nitrogens with zero attached hydrogens (tertiary/aromatic N) is 3. The molecule has 2 heterocycles. The number of halogens is 1. The number of carboxylic acids is 1. The maximum absolute atomic E-state index is 13.7. The number of amides is 1. The standard InChI is InChI=1S/C14H18FN3O6S/c1-25(22,23)18(9-13(19)20)8-10-7-17(4-5-24-10)14(21)11-2-3-16-6-12(11)15/h2-3,6,10H,4-5,7-9H2,1H3,(H,19,20). The van der Waals surface area contributed by atoms with E-state index in [1.54, 1.807) is 0 Å². The topological polar surface area (TPSA) is 117 Å². The molecule has 9 nitrogen and oxygen atoms in total. The number of aliphatic carboxylic acids is 1. The van der Waals surface area contributed by atoms with Gasteiger partial charge in [-0.3, -0.25) is 14.6 Å². The lowest BCUT2D eigenvalue weighted by atomic mass is 10.2. The van der Waals surface area contributed by atoms with E-state index >= 15 is 0 Å². The van der Waals surface area contributed by atoms with Crippen molar-refractivity contribution < 1.29 is 32.2 Å². The second kappa shape index (κ2) is 7.85. The molecule has 138 valence electrons. The van der Waals surface area contributed by atoms with Crippen molar-refractivity contribution >= 4 is 21.9 Å². The predicted molar refractivity (Wildman–Crippen MR) is 83.9 cm³/mol. The molecule has 1 amide bonds. The molecular weight excluding hydrogens is 357 g/mol. The number of carbonyl (C=O) groups is 2. The number of hydrogen-bond donors (Lipinski definition) is 1. The number of rotatable bonds is 6. The minimum absolute atomic E-state index is 0.0201. The summed E-state index contributed by atoms with van der Waals surface area (Å²) in [5.74, 6) is -2.61. The monoisotopic (exact) mass is 375 g/mol. The lowest BCUT2D eigenvalue weighted by molar-refractivity contribution is -0.137. The molecule has 1 N–H and O–H groups in total. The molecule has 0 aliphatic carbocycles. The quantitative estimate of drug-likeness (QED) is 0.706. The molecule has 1 aliphatic heterocycles. The Hall–Kier alpha value is -2.11. The van der Waals surface area contributed by atoms with E-state index in [2.05, 4.69) is 4.98 Å². The van der Waals surface area contributed by atoms with Crippen LogP contribution in [-0.2, 0) is 19.6 Å². The molecule has 2 rings (SSSR count). The molecule has 0 radical (unpaired) electrons. The third-order valence-corrected chi connectivity index (χ3v) is 4.83. The molecule has 0 saturated carbocycles. The van der Waals surface area contributed by atoms with E-state index < -0.39 is 40.4 Å². The lowest BCUT2D eigenvalue weighted by Gasteiger charge is -2.34. The summed E-state index contributed by atoms with van der Waals surface area (Å²) in [6, 6.07) is 1.26. The van der Waals surface area contributed by atoms with Crippen molar-refractivity contribution in [3.63, 3.8) is 0 Å². The fourth-order valence-corrected chi connectivity index (χ4v) is 3.21. The summed E-state index contributed by atoms with van der Waals surface area (Å²) in [4.78, 5) is 28.2. The van der Waals surface area contributed by atoms with Gasteiger partial charge in [0.25, 0.3) is 5.91 Å². The molecule has 0 spiro atoms. The first-order valence-corrected chi connectivity index (χ1v) is 9.20. The first-order valence-electron chi connectivity index (χ1n) is 7.36. The molecule has 11 heteroatoms. The molecule has 1 fully saturated rings. The van der Waals surface area contributed by atoms with Crippen molar-refractivity contribution in [3.05, 3.63) is 29.8 Å². The zero-order valence-electron chi connectivity index (χ0n) is 13.5. The number of aromatic nitrogens is 1. The highest BCUT2D eigenvalue weighted by Crippen LogP contribution is 2.14. The van der Waals surface area contributed by atoms with Gasteiger partial charge in [0.05, 0.1) is 30.7 Å². The number of pyridine rings is 1. The first kappa shape index (κ1) is 19.2. The molecule has 0 bridgehead atoms. The van der Waals surface area contributed by atoms with Crippen LogP contribution in [0.25, 0.3) is 0 Å². The molecule has 1 aromatic rings. The van der Waals surface area contributed by atoms with Gasteiger partial charge < -0.3 is 14.7 Å². The van der Waals surface area contributed by atoms with Crippen LogP contribution < -0.4 is 0 Å². The van der Waals surface area contributed by atoms with Crippen molar-refractivity contribution in [1.82, 2.24) is 14.2 Å². The highest BCUT2D eigenvalue weighted by molar-refractivity contribution is 7.88. The third kappa shape index (κ3) is 5.18. The van der Waals surface area contributed by atoms with Crippen molar-refractivity contribution in [3.8, 4) is 0 Å². The van der Waals surface area contributed by atoms with E-state index in [1.165, 1.54) is 17.2 Å². The number of morpholine rings is 1. The minimum atomic E-state index is -3.76. The summed E-state index contributed by atoms with van der Waals surface area (Å²) >= 11 is 0. The largest absolute Gasteiger partial charge is 0.480 e. The highest BCUT2D eigenvalue weighted by Gasteiger charge is 2.30. The van der Waals surface area contributed by atoms with Gasteiger partial charge in [-0.2, -0.15) is 4.31 Å². The molecule has 1 aromatic heterocycles. The number of sulfonamides is 1. The lowest BCUT2D eigenvalue weighted by Crippen LogP contribution is -2.51. The van der Waals surface area contributed by atoms with E-state index in [0.29, 0.717) is 0 Å². The predicted octanol–water partition coefficient (Wildman–Crippen LogP) is -0.592. The SMILES string of the molecule is CS(=O)(=O)N(CC(=O)O)CC1CN(C(=O)c2ccncc2F)CCO1. The van der Waals surface area contributed by atoms with Gasteiger partial charge in [0, 0.05) is 25.8 Å². The van der Waals surface area contributed by atoms with Gasteiger partial charge in [-0.05, 0) is 6.07 Å². The van der Waals surface area contributed by atoms with E-state index in [-0.39, 0.29) is 31.8 Å². The normalized spacial score (nSPS) is 18.4. The van der Waals surface area contributed by atoms with Crippen LogP contribution in [0.15, 0.2) is 18.5 Å². The molecule has 0 aromatic carbocycles. The Kier molecular flexibility index (Phi) is 6.03. The van der Waals surface area contributed by atoms with Crippen LogP contribution in [-0.4, -0.2) is 84.7 Å². The van der Waals surface area contributed by atoms with Gasteiger partial charge in [-0.15, -0.1) is 0 Å². The molecule has 1 atom stereocenters. The Bertz CT molecular complexity index is 757. The Balaban J connectivity index is 2.08. The third-order valence-electron chi connectivity index (χ3n) is 3.62. The van der Waals surface area contributed by atoms with Crippen LogP contribution in [0.4, 0.5) is 4.39 Å². The zero-order valence-corrected chi connectivity index (χ0v) is 14.3. The second-order valence-electron chi connectivity index (χ2n) is 5.55. The number of carboxylic acid groups (broad SMARTS) is 1. The number of ether oxygens (including phenoxy) is 1. The van der Waals surface area contributed by atoms with Crippen molar-refractivity contribution in [2.45, 2.75) is 6.10 Å². The zero-order chi connectivity index (χ0) is 18.6. The Morgan fingerprint density at radius 3 is 2.84 bits per heavy atom. The van der Waals surface area contributed by atoms with Crippen LogP contribution in [0.1, 0.15) is 10.4 Å². The Morgan fingerprint density at radius 2 is 2.24 bits per heavy atom. The average molecular weight is 375 g/mol. The van der Waals surface area contributed by atoms with Gasteiger partial charge in [0.1, 0.15) is 6.54 Å². The van der Waals surface area contributed by atoms with Crippen molar-refractivity contribution in [2.24, 2.45) is 0 Å². The van der Waals surface area contributed by atoms with Crippen LogP contribution in [0.5, 0.6) is 0 Å². The van der Waals surface area contributed by atoms with Gasteiger partial charge in [0.2, 0.25) is 10.0 Å². The number of carbonyl (C=O) groups excluding carboxylic acids is 1. The first-order chi connectivity index (χ1) is 11.7. The summed E-state index contributed by atoms with van der Waals surface area (Å²) in [6.07, 6.45) is 2.42. The highest BCUT2D eigenvalue weighted by atomic mass is 32.2. The fraction of sp³-hybridized carbons (Fsp3) is 0.500. The van der Waals surface area contributed by atoms with Crippen molar-refractivity contribution in [2.75, 3.05) is 39.0 Å². The molecule has 25 heavy (non-hydrogen) atoms. The maximum Gasteiger partial charge on any atom is 0.318 e. The van der Waals surface area contributed by atoms with E-state index in [0.717, 1.165) is 16.8 Å². The number of hydrogen-bond acceptors (Lipinski definition) is 6. The van der Waals surface area contributed by atoms with E-state index in [9.17, 15) is 22.4 Å². The maximum atomic E-state index is 13.7. The van der Waals surface area contributed by atoms with Gasteiger partial charge >= 0.3 is 5.97 Å². The van der Waals surface area contributed by atoms with E-state index in [1.807, 2.05) is 0 Å². The van der Waals surface area contributed by atoms with Crippen molar-refractivity contribution in [1.29, 1.82) is 0 Å². The van der Waals surface area contributed by atoms with Gasteiger partial charge in [0.15, 0.2) is 5.82 Å². The second-order valence-corrected chi connectivity index (χ2v) is 7.53. The van der Waals surface area contributed by atoms with Crippen LogP contribution >= 0.6 is 0 Å². The Labute approximate surface area is 144 Å². The van der Waals surface area contributed by atoms with Crippen LogP contribution in [0.2, 0.25) is 0 Å². The fourth-order valence-electron chi connectivity index (χ4n) is 2.43. The summed E-state index contributed by atoms with van der Waals surface area (Å²) < 4.78 is 43.3. The van der Waals surface area contributed by atoms with Gasteiger partial charge in [-0.25, -0.2) is 12.8 Å². The summed E-state index contributed by atoms with van der Waals surface area (Å²) in [5.41, 5.74) is -0.138. The Morgan fingerprint density at radius 1 is 1.52 bits per heavy atom. The molecule has 1 aliphatic rings. The molecule has 1 unspecified atom stereocenters. The summed E-state index contributed by atoms with van der Waals surface area (Å²) in [5, 5.41) is 8.84. The minimum Gasteiger partial charge on any atom is -0.480 e. The van der Waals surface area contributed by atoms with Crippen LogP contribution in [0, 0.1) is 5.82 Å². The van der Waals surface area contributed by atoms with Crippen LogP contribution in [0.3, 0.4) is 0 Å². The smallest absolute Gasteiger partial charge is 0.318 e. The molecular formula is C14H18FN3O6S. The van der Waals surface area contributed by atoms with Gasteiger partial charge in [-0.1, -0.05) is 0 Å². The average Bonchev–Trinajstić information content (AvgIpc) is 2.53.